The smallest absolute Gasteiger partial charge is 0.171 e. The van der Waals surface area contributed by atoms with Crippen molar-refractivity contribution >= 4 is 17.4 Å². The summed E-state index contributed by atoms with van der Waals surface area (Å²) in [5.74, 6) is -0.221. The molecule has 1 unspecified atom stereocenters. The van der Waals surface area contributed by atoms with Gasteiger partial charge < -0.3 is 0 Å². The molecule has 17 heavy (non-hydrogen) atoms. The van der Waals surface area contributed by atoms with E-state index in [4.69, 9.17) is 11.6 Å². The molecule has 0 radical (unpaired) electrons. The number of carbonyl (C=O) groups is 1. The van der Waals surface area contributed by atoms with Crippen molar-refractivity contribution in [3.8, 4) is 0 Å². The van der Waals surface area contributed by atoms with Crippen LogP contribution in [0, 0.1) is 0 Å². The van der Waals surface area contributed by atoms with Gasteiger partial charge in [-0.15, -0.1) is 0 Å². The Hall–Kier alpha value is -1.67. The van der Waals surface area contributed by atoms with Crippen LogP contribution in [0.25, 0.3) is 0 Å². The van der Waals surface area contributed by atoms with Crippen molar-refractivity contribution in [2.24, 2.45) is 0 Å². The molecule has 0 bridgehead atoms. The van der Waals surface area contributed by atoms with E-state index in [2.05, 4.69) is 4.98 Å². The zero-order valence-electron chi connectivity index (χ0n) is 9.43. The predicted octanol–water partition coefficient (Wildman–Crippen LogP) is 3.72. The number of rotatable bonds is 3. The third-order valence-corrected chi connectivity index (χ3v) is 2.87. The highest BCUT2D eigenvalue weighted by Crippen LogP contribution is 2.20. The average Bonchev–Trinajstić information content (AvgIpc) is 2.38. The lowest BCUT2D eigenvalue weighted by Gasteiger charge is -2.09. The van der Waals surface area contributed by atoms with E-state index in [0.29, 0.717) is 10.6 Å². The first-order valence-corrected chi connectivity index (χ1v) is 5.77. The summed E-state index contributed by atoms with van der Waals surface area (Å²) >= 11 is 5.87. The van der Waals surface area contributed by atoms with E-state index in [1.807, 2.05) is 25.1 Å². The number of hydrogen-bond acceptors (Lipinski definition) is 2. The van der Waals surface area contributed by atoms with Crippen molar-refractivity contribution in [2.45, 2.75) is 12.8 Å². The predicted molar refractivity (Wildman–Crippen MR) is 68.4 cm³/mol. The molecule has 2 nitrogen and oxygen atoms in total. The zero-order valence-corrected chi connectivity index (χ0v) is 10.2. The van der Waals surface area contributed by atoms with Crippen LogP contribution >= 0.6 is 11.6 Å². The third kappa shape index (κ3) is 2.71. The number of ketones is 1. The Morgan fingerprint density at radius 2 is 2.06 bits per heavy atom. The standard InChI is InChI=1S/C14H12ClNO/c1-10(13-7-2-3-8-16-13)14(17)11-5-4-6-12(15)9-11/h2-10H,1H3. The molecule has 1 aromatic carbocycles. The number of halogens is 1. The first-order valence-electron chi connectivity index (χ1n) is 5.39. The Morgan fingerprint density at radius 3 is 2.71 bits per heavy atom. The molecule has 0 N–H and O–H groups in total. The molecule has 0 aliphatic carbocycles. The highest BCUT2D eigenvalue weighted by atomic mass is 35.5. The minimum absolute atomic E-state index is 0.0335. The maximum absolute atomic E-state index is 12.2. The number of benzene rings is 1. The molecule has 86 valence electrons. The van der Waals surface area contributed by atoms with Gasteiger partial charge in [-0.1, -0.05) is 29.8 Å². The van der Waals surface area contributed by atoms with Gasteiger partial charge in [0, 0.05) is 16.8 Å². The van der Waals surface area contributed by atoms with Gasteiger partial charge in [0.15, 0.2) is 5.78 Å². The van der Waals surface area contributed by atoms with Gasteiger partial charge in [0.25, 0.3) is 0 Å². The topological polar surface area (TPSA) is 30.0 Å². The fourth-order valence-corrected chi connectivity index (χ4v) is 1.85. The monoisotopic (exact) mass is 245 g/mol. The van der Waals surface area contributed by atoms with Crippen molar-refractivity contribution < 1.29 is 4.79 Å². The summed E-state index contributed by atoms with van der Waals surface area (Å²) in [5.41, 5.74) is 1.40. The maximum Gasteiger partial charge on any atom is 0.171 e. The molecule has 0 amide bonds. The van der Waals surface area contributed by atoms with E-state index < -0.39 is 0 Å². The van der Waals surface area contributed by atoms with Gasteiger partial charge in [-0.05, 0) is 31.2 Å². The summed E-state index contributed by atoms with van der Waals surface area (Å²) in [7, 11) is 0. The lowest BCUT2D eigenvalue weighted by molar-refractivity contribution is 0.0964. The quantitative estimate of drug-likeness (QED) is 0.772. The third-order valence-electron chi connectivity index (χ3n) is 2.63. The van der Waals surface area contributed by atoms with Gasteiger partial charge in [0.1, 0.15) is 0 Å². The van der Waals surface area contributed by atoms with E-state index >= 15 is 0 Å². The molecule has 0 aliphatic heterocycles. The van der Waals surface area contributed by atoms with Gasteiger partial charge in [-0.2, -0.15) is 0 Å². The highest BCUT2D eigenvalue weighted by molar-refractivity contribution is 6.31. The SMILES string of the molecule is CC(C(=O)c1cccc(Cl)c1)c1ccccn1. The minimum Gasteiger partial charge on any atom is -0.293 e. The fourth-order valence-electron chi connectivity index (χ4n) is 1.66. The molecule has 0 saturated heterocycles. The van der Waals surface area contributed by atoms with Gasteiger partial charge in [-0.25, -0.2) is 0 Å². The molecule has 0 spiro atoms. The molecular formula is C14H12ClNO. The second-order valence-corrected chi connectivity index (χ2v) is 4.29. The number of hydrogen-bond donors (Lipinski definition) is 0. The van der Waals surface area contributed by atoms with Crippen LogP contribution in [0.4, 0.5) is 0 Å². The lowest BCUT2D eigenvalue weighted by atomic mass is 9.96. The number of carbonyl (C=O) groups excluding carboxylic acids is 1. The van der Waals surface area contributed by atoms with Crippen LogP contribution in [0.1, 0.15) is 28.9 Å². The van der Waals surface area contributed by atoms with E-state index in [1.54, 1.807) is 30.5 Å². The normalized spacial score (nSPS) is 12.1. The van der Waals surface area contributed by atoms with Crippen LogP contribution in [-0.4, -0.2) is 10.8 Å². The number of Topliss-reactive ketones (excluding diaryl/α,β-unsaturated/α-hetero) is 1. The summed E-state index contributed by atoms with van der Waals surface area (Å²) in [6, 6.07) is 12.6. The lowest BCUT2D eigenvalue weighted by Crippen LogP contribution is -2.10. The van der Waals surface area contributed by atoms with Crippen molar-refractivity contribution in [1.29, 1.82) is 0 Å². The summed E-state index contributed by atoms with van der Waals surface area (Å²) < 4.78 is 0. The Bertz CT molecular complexity index is 525. The largest absolute Gasteiger partial charge is 0.293 e. The summed E-state index contributed by atoms with van der Waals surface area (Å²) in [4.78, 5) is 16.4. The molecule has 0 aliphatic rings. The Kier molecular flexibility index (Phi) is 3.55. The second kappa shape index (κ2) is 5.11. The molecule has 0 fully saturated rings. The average molecular weight is 246 g/mol. The first kappa shape index (κ1) is 11.8. The summed E-state index contributed by atoms with van der Waals surface area (Å²) in [5, 5.41) is 0.573. The van der Waals surface area contributed by atoms with E-state index in [1.165, 1.54) is 0 Å². The Balaban J connectivity index is 2.27. The summed E-state index contributed by atoms with van der Waals surface area (Å²) in [6.07, 6.45) is 1.69. The van der Waals surface area contributed by atoms with Gasteiger partial charge in [-0.3, -0.25) is 9.78 Å². The molecular weight excluding hydrogens is 234 g/mol. The first-order chi connectivity index (χ1) is 8.18. The molecule has 2 aromatic rings. The minimum atomic E-state index is -0.255. The molecule has 2 rings (SSSR count). The molecule has 1 atom stereocenters. The van der Waals surface area contributed by atoms with Gasteiger partial charge >= 0.3 is 0 Å². The molecule has 1 aromatic heterocycles. The number of pyridine rings is 1. The van der Waals surface area contributed by atoms with Crippen molar-refractivity contribution in [2.75, 3.05) is 0 Å². The molecule has 0 saturated carbocycles. The Labute approximate surface area is 105 Å². The van der Waals surface area contributed by atoms with E-state index in [-0.39, 0.29) is 11.7 Å². The van der Waals surface area contributed by atoms with Crippen molar-refractivity contribution in [3.05, 3.63) is 64.9 Å². The summed E-state index contributed by atoms with van der Waals surface area (Å²) in [6.45, 7) is 1.85. The maximum atomic E-state index is 12.2. The molecule has 1 heterocycles. The van der Waals surface area contributed by atoms with Crippen LogP contribution < -0.4 is 0 Å². The van der Waals surface area contributed by atoms with E-state index in [0.717, 1.165) is 5.69 Å². The Morgan fingerprint density at radius 1 is 1.24 bits per heavy atom. The van der Waals surface area contributed by atoms with Crippen LogP contribution in [0.5, 0.6) is 0 Å². The second-order valence-electron chi connectivity index (χ2n) is 3.85. The number of nitrogens with zero attached hydrogens (tertiary/aromatic N) is 1. The van der Waals surface area contributed by atoms with Gasteiger partial charge in [0.05, 0.1) is 11.6 Å². The van der Waals surface area contributed by atoms with Crippen LogP contribution in [0.3, 0.4) is 0 Å². The highest BCUT2D eigenvalue weighted by Gasteiger charge is 2.17. The van der Waals surface area contributed by atoms with Gasteiger partial charge in [0.2, 0.25) is 0 Å². The van der Waals surface area contributed by atoms with Crippen molar-refractivity contribution in [3.63, 3.8) is 0 Å². The van der Waals surface area contributed by atoms with Crippen LogP contribution in [-0.2, 0) is 0 Å². The zero-order chi connectivity index (χ0) is 12.3. The van der Waals surface area contributed by atoms with Crippen LogP contribution in [0.2, 0.25) is 5.02 Å². The molecule has 3 heteroatoms. The number of aromatic nitrogens is 1. The fraction of sp³-hybridized carbons (Fsp3) is 0.143. The van der Waals surface area contributed by atoms with Crippen LogP contribution in [0.15, 0.2) is 48.7 Å². The van der Waals surface area contributed by atoms with Crippen molar-refractivity contribution in [1.82, 2.24) is 4.98 Å². The van der Waals surface area contributed by atoms with E-state index in [9.17, 15) is 4.79 Å².